The predicted molar refractivity (Wildman–Crippen MR) is 193 cm³/mol. The van der Waals surface area contributed by atoms with Crippen LogP contribution < -0.4 is 0 Å². The van der Waals surface area contributed by atoms with Crippen LogP contribution in [-0.4, -0.2) is 14.5 Å². The van der Waals surface area contributed by atoms with Gasteiger partial charge in [-0.25, -0.2) is 4.98 Å². The van der Waals surface area contributed by atoms with Crippen LogP contribution in [0.2, 0.25) is 0 Å². The van der Waals surface area contributed by atoms with Gasteiger partial charge >= 0.3 is 0 Å². The van der Waals surface area contributed by atoms with Gasteiger partial charge < -0.3 is 4.57 Å². The number of aromatic nitrogens is 3. The summed E-state index contributed by atoms with van der Waals surface area (Å²) in [4.78, 5) is 9.79. The summed E-state index contributed by atoms with van der Waals surface area (Å²) in [5, 5.41) is 3.44. The normalized spacial score (nSPS) is 11.5. The molecule has 0 spiro atoms. The smallest absolute Gasteiger partial charge is 0.125 e. The van der Waals surface area contributed by atoms with Crippen LogP contribution in [0.25, 0.3) is 81.8 Å². The Morgan fingerprint density at radius 1 is 0.478 bits per heavy atom. The highest BCUT2D eigenvalue weighted by molar-refractivity contribution is 7.21. The third-order valence-electron chi connectivity index (χ3n) is 8.69. The average molecular weight is 606 g/mol. The van der Waals surface area contributed by atoms with Crippen molar-refractivity contribution in [2.24, 2.45) is 0 Å². The first-order chi connectivity index (χ1) is 22.8. The molecule has 3 nitrogen and oxygen atoms in total. The molecule has 4 heteroatoms. The minimum atomic E-state index is 0.956. The van der Waals surface area contributed by atoms with Gasteiger partial charge in [-0.15, -0.1) is 11.3 Å². The maximum absolute atomic E-state index is 5.14. The summed E-state index contributed by atoms with van der Waals surface area (Å²) in [6.07, 6.45) is 1.85. The van der Waals surface area contributed by atoms with Crippen LogP contribution in [0.3, 0.4) is 0 Å². The Balaban J connectivity index is 1.38. The van der Waals surface area contributed by atoms with Gasteiger partial charge in [0.1, 0.15) is 5.01 Å². The van der Waals surface area contributed by atoms with E-state index in [-0.39, 0.29) is 0 Å². The summed E-state index contributed by atoms with van der Waals surface area (Å²) >= 11 is 1.75. The van der Waals surface area contributed by atoms with Gasteiger partial charge in [0.2, 0.25) is 0 Å². The van der Waals surface area contributed by atoms with E-state index in [1.165, 1.54) is 37.7 Å². The summed E-state index contributed by atoms with van der Waals surface area (Å²) < 4.78 is 3.59. The third-order valence-corrected chi connectivity index (χ3v) is 9.76. The second kappa shape index (κ2) is 11.0. The molecule has 3 heterocycles. The summed E-state index contributed by atoms with van der Waals surface area (Å²) in [6.45, 7) is 0. The average Bonchev–Trinajstić information content (AvgIpc) is 3.71. The molecule has 0 aliphatic heterocycles. The van der Waals surface area contributed by atoms with Gasteiger partial charge in [0.15, 0.2) is 0 Å². The molecular weight excluding hydrogens is 579 g/mol. The van der Waals surface area contributed by atoms with Gasteiger partial charge in [0, 0.05) is 33.8 Å². The number of pyridine rings is 1. The monoisotopic (exact) mass is 605 g/mol. The van der Waals surface area contributed by atoms with E-state index in [1.54, 1.807) is 11.3 Å². The highest BCUT2D eigenvalue weighted by Gasteiger charge is 2.20. The Bertz CT molecular complexity index is 2480. The molecule has 0 bridgehead atoms. The minimum Gasteiger partial charge on any atom is -0.309 e. The number of nitrogens with zero attached hydrogens (tertiary/aromatic N) is 3. The maximum atomic E-state index is 5.14. The summed E-state index contributed by atoms with van der Waals surface area (Å²) in [5.74, 6) is 0. The molecule has 0 saturated carbocycles. The van der Waals surface area contributed by atoms with E-state index in [9.17, 15) is 0 Å². The van der Waals surface area contributed by atoms with Crippen molar-refractivity contribution >= 4 is 43.4 Å². The molecular formula is C42H27N3S. The molecule has 0 N–H and O–H groups in total. The van der Waals surface area contributed by atoms with Crippen molar-refractivity contribution in [3.05, 3.63) is 164 Å². The first-order valence-corrected chi connectivity index (χ1v) is 16.2. The van der Waals surface area contributed by atoms with Gasteiger partial charge in [-0.05, 0) is 82.9 Å². The fourth-order valence-corrected chi connectivity index (χ4v) is 7.51. The van der Waals surface area contributed by atoms with Crippen LogP contribution in [0.4, 0.5) is 0 Å². The number of hydrogen-bond donors (Lipinski definition) is 0. The van der Waals surface area contributed by atoms with E-state index in [0.29, 0.717) is 0 Å². The molecule has 46 heavy (non-hydrogen) atoms. The first kappa shape index (κ1) is 26.6. The van der Waals surface area contributed by atoms with Crippen LogP contribution >= 0.6 is 11.3 Å². The van der Waals surface area contributed by atoms with E-state index in [4.69, 9.17) is 4.98 Å². The third kappa shape index (κ3) is 4.50. The molecule has 6 aromatic carbocycles. The highest BCUT2D eigenvalue weighted by Crippen LogP contribution is 2.43. The Morgan fingerprint density at radius 2 is 1.22 bits per heavy atom. The van der Waals surface area contributed by atoms with Gasteiger partial charge in [-0.1, -0.05) is 97.1 Å². The summed E-state index contributed by atoms with van der Waals surface area (Å²) in [5.41, 5.74) is 12.4. The van der Waals surface area contributed by atoms with Crippen LogP contribution in [0.5, 0.6) is 0 Å². The molecule has 9 aromatic rings. The summed E-state index contributed by atoms with van der Waals surface area (Å²) in [7, 11) is 0. The van der Waals surface area contributed by atoms with Crippen LogP contribution in [0.1, 0.15) is 0 Å². The SMILES string of the molecule is c1ccc(-c2ccc3c(c2)c2cc(-c4ccccc4)c(-c4nc5ccccc5s4)cc2n3-c2cccc(-c3ccccn3)c2)cc1. The van der Waals surface area contributed by atoms with Gasteiger partial charge in [-0.3, -0.25) is 4.98 Å². The second-order valence-electron chi connectivity index (χ2n) is 11.5. The molecule has 0 fully saturated rings. The zero-order chi connectivity index (χ0) is 30.5. The highest BCUT2D eigenvalue weighted by atomic mass is 32.1. The van der Waals surface area contributed by atoms with Crippen LogP contribution in [-0.2, 0) is 0 Å². The topological polar surface area (TPSA) is 30.7 Å². The van der Waals surface area contributed by atoms with Gasteiger partial charge in [0.05, 0.1) is 26.9 Å². The standard InChI is InChI=1S/C42H27N3S/c1-3-12-28(13-4-1)30-21-22-39-34(25-30)35-26-33(29-14-5-2-6-15-29)36(42-44-38-19-7-8-20-41(38)46-42)27-40(35)45(39)32-17-11-16-31(24-32)37-18-9-10-23-43-37/h1-27H. The molecule has 0 aliphatic carbocycles. The van der Waals surface area contributed by atoms with Crippen LogP contribution in [0.15, 0.2) is 164 Å². The summed E-state index contributed by atoms with van der Waals surface area (Å²) in [6, 6.07) is 56.1. The lowest BCUT2D eigenvalue weighted by Crippen LogP contribution is -1.95. The Kier molecular flexibility index (Phi) is 6.32. The van der Waals surface area contributed by atoms with Crippen molar-refractivity contribution in [2.45, 2.75) is 0 Å². The zero-order valence-electron chi connectivity index (χ0n) is 24.8. The predicted octanol–water partition coefficient (Wildman–Crippen LogP) is 11.5. The zero-order valence-corrected chi connectivity index (χ0v) is 25.7. The van der Waals surface area contributed by atoms with Crippen molar-refractivity contribution in [2.75, 3.05) is 0 Å². The molecule has 0 amide bonds. The molecule has 0 radical (unpaired) electrons. The lowest BCUT2D eigenvalue weighted by molar-refractivity contribution is 1.18. The Labute approximate surface area is 270 Å². The number of rotatable bonds is 5. The quantitative estimate of drug-likeness (QED) is 0.195. The number of hydrogen-bond acceptors (Lipinski definition) is 3. The fraction of sp³-hybridized carbons (Fsp3) is 0. The van der Waals surface area contributed by atoms with Crippen molar-refractivity contribution in [3.8, 4) is 49.8 Å². The van der Waals surface area contributed by atoms with E-state index in [1.807, 2.05) is 18.3 Å². The van der Waals surface area contributed by atoms with E-state index in [2.05, 4.69) is 155 Å². The van der Waals surface area contributed by atoms with Crippen molar-refractivity contribution in [1.82, 2.24) is 14.5 Å². The van der Waals surface area contributed by atoms with E-state index >= 15 is 0 Å². The number of thiazole rings is 1. The van der Waals surface area contributed by atoms with E-state index in [0.717, 1.165) is 44.1 Å². The fourth-order valence-electron chi connectivity index (χ4n) is 6.51. The van der Waals surface area contributed by atoms with Gasteiger partial charge in [0.25, 0.3) is 0 Å². The number of para-hydroxylation sites is 1. The molecule has 9 rings (SSSR count). The lowest BCUT2D eigenvalue weighted by atomic mass is 9.96. The largest absolute Gasteiger partial charge is 0.309 e. The van der Waals surface area contributed by atoms with Crippen molar-refractivity contribution in [1.29, 1.82) is 0 Å². The van der Waals surface area contributed by atoms with Crippen molar-refractivity contribution < 1.29 is 0 Å². The van der Waals surface area contributed by atoms with Gasteiger partial charge in [-0.2, -0.15) is 0 Å². The molecule has 0 unspecified atom stereocenters. The maximum Gasteiger partial charge on any atom is 0.125 e. The molecule has 0 saturated heterocycles. The lowest BCUT2D eigenvalue weighted by Gasteiger charge is -2.13. The number of fused-ring (bicyclic) bond motifs is 4. The minimum absolute atomic E-state index is 0.956. The van der Waals surface area contributed by atoms with Crippen LogP contribution in [0, 0.1) is 0 Å². The van der Waals surface area contributed by atoms with E-state index < -0.39 is 0 Å². The molecule has 3 aromatic heterocycles. The first-order valence-electron chi connectivity index (χ1n) is 15.4. The second-order valence-corrected chi connectivity index (χ2v) is 12.5. The Hall–Kier alpha value is -5.84. The molecule has 0 atom stereocenters. The Morgan fingerprint density at radius 3 is 2.02 bits per heavy atom. The van der Waals surface area contributed by atoms with Crippen molar-refractivity contribution in [3.63, 3.8) is 0 Å². The number of benzene rings is 6. The molecule has 216 valence electrons. The molecule has 0 aliphatic rings.